The van der Waals surface area contributed by atoms with Gasteiger partial charge in [-0.05, 0) is 24.6 Å². The first kappa shape index (κ1) is 23.6. The summed E-state index contributed by atoms with van der Waals surface area (Å²) in [7, 11) is 0. The topological polar surface area (TPSA) is 66.9 Å². The molecule has 0 aliphatic carbocycles. The first-order valence-corrected chi connectivity index (χ1v) is 9.31. The molecule has 2 amide bonds. The summed E-state index contributed by atoms with van der Waals surface area (Å²) in [5.41, 5.74) is -0.272. The highest BCUT2D eigenvalue weighted by molar-refractivity contribution is 6.32. The minimum Gasteiger partial charge on any atom is -0.449 e. The van der Waals surface area contributed by atoms with E-state index in [0.717, 1.165) is 17.0 Å². The molecule has 2 atom stereocenters. The van der Waals surface area contributed by atoms with E-state index in [1.807, 2.05) is 0 Å². The Morgan fingerprint density at radius 1 is 1.03 bits per heavy atom. The third-order valence-electron chi connectivity index (χ3n) is 4.70. The lowest BCUT2D eigenvalue weighted by Crippen LogP contribution is -2.59. The van der Waals surface area contributed by atoms with Gasteiger partial charge in [0.25, 0.3) is 0 Å². The van der Waals surface area contributed by atoms with Crippen LogP contribution in [0.4, 0.5) is 17.6 Å². The van der Waals surface area contributed by atoms with E-state index >= 15 is 0 Å². The second-order valence-corrected chi connectivity index (χ2v) is 8.27. The summed E-state index contributed by atoms with van der Waals surface area (Å²) in [5.74, 6) is -3.59. The van der Waals surface area contributed by atoms with Gasteiger partial charge in [0.2, 0.25) is 5.91 Å². The SMILES string of the molecule is C[C@H]1CN(C(=O)C(=O)OCC(F)(F)F)[C@H](c2ccc(F)cc2)CN1C(=O)C(C)(C)C. The number of piperazine rings is 1. The molecule has 0 saturated carbocycles. The zero-order valence-corrected chi connectivity index (χ0v) is 17.1. The van der Waals surface area contributed by atoms with Crippen LogP contribution in [0.25, 0.3) is 0 Å². The molecule has 10 heteroatoms. The average Bonchev–Trinajstić information content (AvgIpc) is 2.64. The van der Waals surface area contributed by atoms with Crippen LogP contribution in [0.15, 0.2) is 24.3 Å². The van der Waals surface area contributed by atoms with Crippen LogP contribution in [0.5, 0.6) is 0 Å². The Bertz CT molecular complexity index is 803. The maximum Gasteiger partial charge on any atom is 0.422 e. The van der Waals surface area contributed by atoms with Crippen molar-refractivity contribution in [2.24, 2.45) is 5.41 Å². The van der Waals surface area contributed by atoms with Crippen LogP contribution in [-0.2, 0) is 19.1 Å². The predicted molar refractivity (Wildman–Crippen MR) is 98.5 cm³/mol. The minimum atomic E-state index is -4.77. The molecule has 0 radical (unpaired) electrons. The Hall–Kier alpha value is -2.65. The van der Waals surface area contributed by atoms with Crippen molar-refractivity contribution in [2.45, 2.75) is 46.0 Å². The monoisotopic (exact) mass is 432 g/mol. The van der Waals surface area contributed by atoms with Crippen LogP contribution in [0.1, 0.15) is 39.3 Å². The van der Waals surface area contributed by atoms with E-state index in [4.69, 9.17) is 0 Å². The van der Waals surface area contributed by atoms with E-state index in [1.165, 1.54) is 12.1 Å². The Morgan fingerprint density at radius 3 is 2.10 bits per heavy atom. The minimum absolute atomic E-state index is 0.00118. The maximum atomic E-state index is 13.3. The summed E-state index contributed by atoms with van der Waals surface area (Å²) in [6.45, 7) is 4.91. The molecule has 1 aromatic carbocycles. The fourth-order valence-corrected chi connectivity index (χ4v) is 3.21. The highest BCUT2D eigenvalue weighted by Crippen LogP contribution is 2.31. The van der Waals surface area contributed by atoms with E-state index in [2.05, 4.69) is 4.74 Å². The van der Waals surface area contributed by atoms with Crippen LogP contribution < -0.4 is 0 Å². The van der Waals surface area contributed by atoms with Crippen molar-refractivity contribution in [3.63, 3.8) is 0 Å². The number of nitrogens with zero attached hydrogens (tertiary/aromatic N) is 2. The zero-order valence-electron chi connectivity index (χ0n) is 17.1. The van der Waals surface area contributed by atoms with Crippen molar-refractivity contribution >= 4 is 17.8 Å². The molecule has 166 valence electrons. The summed E-state index contributed by atoms with van der Waals surface area (Å²) in [6, 6.07) is 3.78. The molecule has 1 aromatic rings. The van der Waals surface area contributed by atoms with Crippen LogP contribution >= 0.6 is 0 Å². The van der Waals surface area contributed by atoms with Crippen molar-refractivity contribution in [2.75, 3.05) is 19.7 Å². The lowest BCUT2D eigenvalue weighted by molar-refractivity contribution is -0.190. The summed E-state index contributed by atoms with van der Waals surface area (Å²) in [6.07, 6.45) is -4.77. The van der Waals surface area contributed by atoms with Crippen LogP contribution in [0, 0.1) is 11.2 Å². The first-order valence-electron chi connectivity index (χ1n) is 9.31. The van der Waals surface area contributed by atoms with E-state index in [1.54, 1.807) is 32.6 Å². The van der Waals surface area contributed by atoms with Gasteiger partial charge < -0.3 is 14.5 Å². The fraction of sp³-hybridized carbons (Fsp3) is 0.550. The molecule has 0 bridgehead atoms. The van der Waals surface area contributed by atoms with Gasteiger partial charge in [-0.3, -0.25) is 9.59 Å². The van der Waals surface area contributed by atoms with Gasteiger partial charge in [0.15, 0.2) is 6.61 Å². The van der Waals surface area contributed by atoms with E-state index in [9.17, 15) is 31.9 Å². The number of hydrogen-bond acceptors (Lipinski definition) is 4. The van der Waals surface area contributed by atoms with Gasteiger partial charge in [-0.2, -0.15) is 13.2 Å². The molecular weight excluding hydrogens is 408 g/mol. The molecule has 0 aromatic heterocycles. The van der Waals surface area contributed by atoms with Gasteiger partial charge in [-0.15, -0.1) is 0 Å². The number of rotatable bonds is 2. The van der Waals surface area contributed by atoms with Crippen molar-refractivity contribution < 1.29 is 36.7 Å². The fourth-order valence-electron chi connectivity index (χ4n) is 3.21. The number of hydrogen-bond donors (Lipinski definition) is 0. The third kappa shape index (κ3) is 5.70. The van der Waals surface area contributed by atoms with Gasteiger partial charge in [-0.25, -0.2) is 9.18 Å². The molecule has 2 rings (SSSR count). The Balaban J connectivity index is 2.33. The molecule has 1 heterocycles. The number of ether oxygens (including phenoxy) is 1. The largest absolute Gasteiger partial charge is 0.449 e. The Morgan fingerprint density at radius 2 is 1.60 bits per heavy atom. The number of alkyl halides is 3. The highest BCUT2D eigenvalue weighted by Gasteiger charge is 2.42. The average molecular weight is 432 g/mol. The van der Waals surface area contributed by atoms with Gasteiger partial charge in [0, 0.05) is 24.5 Å². The van der Waals surface area contributed by atoms with Gasteiger partial charge >= 0.3 is 18.1 Å². The number of benzene rings is 1. The lowest BCUT2D eigenvalue weighted by Gasteiger charge is -2.46. The zero-order chi connectivity index (χ0) is 22.9. The van der Waals surface area contributed by atoms with Gasteiger partial charge in [-0.1, -0.05) is 32.9 Å². The van der Waals surface area contributed by atoms with Gasteiger partial charge in [0.1, 0.15) is 5.82 Å². The Kier molecular flexibility index (Phi) is 6.78. The van der Waals surface area contributed by atoms with Crippen LogP contribution in [0.3, 0.4) is 0 Å². The van der Waals surface area contributed by atoms with E-state index in [0.29, 0.717) is 5.56 Å². The number of halogens is 4. The van der Waals surface area contributed by atoms with Crippen LogP contribution in [-0.4, -0.2) is 59.5 Å². The molecule has 0 spiro atoms. The van der Waals surface area contributed by atoms with Crippen molar-refractivity contribution in [3.05, 3.63) is 35.6 Å². The van der Waals surface area contributed by atoms with Crippen molar-refractivity contribution in [1.82, 2.24) is 9.80 Å². The summed E-state index contributed by atoms with van der Waals surface area (Å²) >= 11 is 0. The highest BCUT2D eigenvalue weighted by atomic mass is 19.4. The molecular formula is C20H24F4N2O4. The molecule has 0 N–H and O–H groups in total. The molecule has 1 aliphatic rings. The quantitative estimate of drug-likeness (QED) is 0.409. The summed E-state index contributed by atoms with van der Waals surface area (Å²) in [5, 5.41) is 0. The normalized spacial score (nSPS) is 20.1. The number of carbonyl (C=O) groups excluding carboxylic acids is 3. The summed E-state index contributed by atoms with van der Waals surface area (Å²) < 4.78 is 54.4. The van der Waals surface area contributed by atoms with Crippen molar-refractivity contribution in [1.29, 1.82) is 0 Å². The van der Waals surface area contributed by atoms with E-state index < -0.39 is 48.0 Å². The van der Waals surface area contributed by atoms with Gasteiger partial charge in [0.05, 0.1) is 6.04 Å². The van der Waals surface area contributed by atoms with E-state index in [-0.39, 0.29) is 19.0 Å². The smallest absolute Gasteiger partial charge is 0.422 e. The molecule has 0 unspecified atom stereocenters. The maximum absolute atomic E-state index is 13.3. The molecule has 6 nitrogen and oxygen atoms in total. The number of esters is 1. The predicted octanol–water partition coefficient (Wildman–Crippen LogP) is 3.08. The van der Waals surface area contributed by atoms with Crippen molar-refractivity contribution in [3.8, 4) is 0 Å². The molecule has 1 aliphatic heterocycles. The molecule has 30 heavy (non-hydrogen) atoms. The molecule has 1 saturated heterocycles. The summed E-state index contributed by atoms with van der Waals surface area (Å²) in [4.78, 5) is 40.0. The first-order chi connectivity index (χ1) is 13.7. The second kappa shape index (κ2) is 8.61. The lowest BCUT2D eigenvalue weighted by atomic mass is 9.91. The number of amides is 2. The third-order valence-corrected chi connectivity index (χ3v) is 4.70. The Labute approximate surface area is 171 Å². The second-order valence-electron chi connectivity index (χ2n) is 8.27. The number of carbonyl (C=O) groups is 3. The van der Waals surface area contributed by atoms with Crippen LogP contribution in [0.2, 0.25) is 0 Å². The molecule has 1 fully saturated rings. The standard InChI is InChI=1S/C20H24F4N2O4/c1-12-9-26(16(27)17(28)30-11-20(22,23)24)15(13-5-7-14(21)8-6-13)10-25(12)18(29)19(2,3)4/h5-8,12,15H,9-11H2,1-4H3/t12-,15-/m0/s1.